The molecule has 0 aliphatic carbocycles. The van der Waals surface area contributed by atoms with E-state index in [-0.39, 0.29) is 11.7 Å². The van der Waals surface area contributed by atoms with Crippen LogP contribution in [-0.4, -0.2) is 11.7 Å². The van der Waals surface area contributed by atoms with E-state index < -0.39 is 0 Å². The van der Waals surface area contributed by atoms with Crippen molar-refractivity contribution in [1.82, 2.24) is 0 Å². The molecule has 0 aliphatic heterocycles. The summed E-state index contributed by atoms with van der Waals surface area (Å²) in [4.78, 5) is 13.1. The summed E-state index contributed by atoms with van der Waals surface area (Å²) >= 11 is 13.5. The van der Waals surface area contributed by atoms with Gasteiger partial charge >= 0.3 is 0 Å². The monoisotopic (exact) mass is 340 g/mol. The van der Waals surface area contributed by atoms with E-state index in [0.717, 1.165) is 10.5 Å². The SMILES string of the molecule is Cc1ccccc1SCC(=O)Nc1c(Cl)cc(N)cc1Cl. The van der Waals surface area contributed by atoms with Gasteiger partial charge in [0, 0.05) is 10.6 Å². The predicted octanol–water partition coefficient (Wildman–Crippen LogP) is 4.61. The molecule has 0 aromatic heterocycles. The summed E-state index contributed by atoms with van der Waals surface area (Å²) in [6, 6.07) is 11.0. The fraction of sp³-hybridized carbons (Fsp3) is 0.133. The maximum atomic E-state index is 12.0. The van der Waals surface area contributed by atoms with Crippen LogP contribution in [-0.2, 0) is 4.79 Å². The minimum atomic E-state index is -0.170. The molecule has 0 bridgehead atoms. The molecule has 2 aromatic carbocycles. The maximum Gasteiger partial charge on any atom is 0.234 e. The minimum Gasteiger partial charge on any atom is -0.399 e. The van der Waals surface area contributed by atoms with Crippen LogP contribution in [0.25, 0.3) is 0 Å². The Bertz CT molecular complexity index is 653. The number of benzene rings is 2. The van der Waals surface area contributed by atoms with Crippen LogP contribution in [0.15, 0.2) is 41.3 Å². The normalized spacial score (nSPS) is 10.4. The van der Waals surface area contributed by atoms with Gasteiger partial charge in [0.2, 0.25) is 5.91 Å². The number of hydrogen-bond acceptors (Lipinski definition) is 3. The second-order valence-electron chi connectivity index (χ2n) is 4.46. The third-order valence-electron chi connectivity index (χ3n) is 2.78. The van der Waals surface area contributed by atoms with Crippen LogP contribution in [0.4, 0.5) is 11.4 Å². The molecule has 0 saturated heterocycles. The molecule has 0 saturated carbocycles. The molecule has 1 amide bonds. The lowest BCUT2D eigenvalue weighted by molar-refractivity contribution is -0.113. The Morgan fingerprint density at radius 1 is 1.24 bits per heavy atom. The van der Waals surface area contributed by atoms with Gasteiger partial charge in [0.1, 0.15) is 0 Å². The summed E-state index contributed by atoms with van der Waals surface area (Å²) in [6.07, 6.45) is 0. The van der Waals surface area contributed by atoms with Gasteiger partial charge in [-0.15, -0.1) is 11.8 Å². The van der Waals surface area contributed by atoms with Crippen molar-refractivity contribution in [2.24, 2.45) is 0 Å². The number of hydrogen-bond donors (Lipinski definition) is 2. The minimum absolute atomic E-state index is 0.170. The molecule has 0 unspecified atom stereocenters. The number of halogens is 2. The van der Waals surface area contributed by atoms with Gasteiger partial charge in [-0.05, 0) is 30.7 Å². The highest BCUT2D eigenvalue weighted by molar-refractivity contribution is 8.00. The molecule has 0 heterocycles. The molecule has 21 heavy (non-hydrogen) atoms. The van der Waals surface area contributed by atoms with Crippen molar-refractivity contribution in [3.8, 4) is 0 Å². The number of anilines is 2. The molecule has 110 valence electrons. The van der Waals surface area contributed by atoms with E-state index in [2.05, 4.69) is 5.32 Å². The zero-order chi connectivity index (χ0) is 15.4. The average Bonchev–Trinajstić information content (AvgIpc) is 2.42. The third kappa shape index (κ3) is 4.30. The van der Waals surface area contributed by atoms with Gasteiger partial charge in [0.15, 0.2) is 0 Å². The van der Waals surface area contributed by atoms with E-state index in [1.807, 2.05) is 31.2 Å². The van der Waals surface area contributed by atoms with Gasteiger partial charge in [0.25, 0.3) is 0 Å². The molecular weight excluding hydrogens is 327 g/mol. The number of amides is 1. The van der Waals surface area contributed by atoms with E-state index in [1.54, 1.807) is 12.1 Å². The Morgan fingerprint density at radius 2 is 1.86 bits per heavy atom. The summed E-state index contributed by atoms with van der Waals surface area (Å²) < 4.78 is 0. The topological polar surface area (TPSA) is 55.1 Å². The van der Waals surface area contributed by atoms with Gasteiger partial charge in [0.05, 0.1) is 21.5 Å². The highest BCUT2D eigenvalue weighted by Crippen LogP contribution is 2.33. The van der Waals surface area contributed by atoms with Crippen molar-refractivity contribution < 1.29 is 4.79 Å². The van der Waals surface area contributed by atoms with Crippen molar-refractivity contribution in [1.29, 1.82) is 0 Å². The summed E-state index contributed by atoms with van der Waals surface area (Å²) in [5, 5.41) is 3.37. The van der Waals surface area contributed by atoms with E-state index in [0.29, 0.717) is 21.4 Å². The van der Waals surface area contributed by atoms with Crippen LogP contribution >= 0.6 is 35.0 Å². The number of nitrogen functional groups attached to an aromatic ring is 1. The Morgan fingerprint density at radius 3 is 2.48 bits per heavy atom. The summed E-state index contributed by atoms with van der Waals surface area (Å²) in [7, 11) is 0. The Hall–Kier alpha value is -1.36. The van der Waals surface area contributed by atoms with Crippen LogP contribution in [0.1, 0.15) is 5.56 Å². The van der Waals surface area contributed by atoms with Crippen molar-refractivity contribution in [3.05, 3.63) is 52.0 Å². The summed E-state index contributed by atoms with van der Waals surface area (Å²) in [5.41, 5.74) is 7.61. The molecule has 0 aliphatic rings. The first-order valence-electron chi connectivity index (χ1n) is 6.20. The summed E-state index contributed by atoms with van der Waals surface area (Å²) in [6.45, 7) is 2.01. The first-order valence-corrected chi connectivity index (χ1v) is 7.94. The second kappa shape index (κ2) is 7.07. The quantitative estimate of drug-likeness (QED) is 0.630. The number of thioether (sulfide) groups is 1. The van der Waals surface area contributed by atoms with Gasteiger partial charge in [-0.2, -0.15) is 0 Å². The molecule has 0 fully saturated rings. The van der Waals surface area contributed by atoms with E-state index >= 15 is 0 Å². The second-order valence-corrected chi connectivity index (χ2v) is 6.29. The number of aryl methyl sites for hydroxylation is 1. The molecule has 3 N–H and O–H groups in total. The van der Waals surface area contributed by atoms with E-state index in [4.69, 9.17) is 28.9 Å². The molecule has 0 radical (unpaired) electrons. The highest BCUT2D eigenvalue weighted by atomic mass is 35.5. The lowest BCUT2D eigenvalue weighted by Crippen LogP contribution is -2.15. The van der Waals surface area contributed by atoms with Gasteiger partial charge in [-0.3, -0.25) is 4.79 Å². The largest absolute Gasteiger partial charge is 0.399 e. The Balaban J connectivity index is 2.01. The molecule has 3 nitrogen and oxygen atoms in total. The molecular formula is C15H14Cl2N2OS. The van der Waals surface area contributed by atoms with Crippen molar-refractivity contribution in [2.75, 3.05) is 16.8 Å². The van der Waals surface area contributed by atoms with E-state index in [9.17, 15) is 4.79 Å². The summed E-state index contributed by atoms with van der Waals surface area (Å²) in [5.74, 6) is 0.110. The molecule has 2 aromatic rings. The fourth-order valence-electron chi connectivity index (χ4n) is 1.75. The average molecular weight is 341 g/mol. The van der Waals surface area contributed by atoms with Crippen molar-refractivity contribution in [2.45, 2.75) is 11.8 Å². The lowest BCUT2D eigenvalue weighted by Gasteiger charge is -2.10. The van der Waals surface area contributed by atoms with Gasteiger partial charge < -0.3 is 11.1 Å². The smallest absolute Gasteiger partial charge is 0.234 e. The van der Waals surface area contributed by atoms with Crippen LogP contribution < -0.4 is 11.1 Å². The van der Waals surface area contributed by atoms with Crippen LogP contribution in [0.3, 0.4) is 0 Å². The number of nitrogens with one attached hydrogen (secondary N) is 1. The first kappa shape index (κ1) is 16.0. The molecule has 0 atom stereocenters. The highest BCUT2D eigenvalue weighted by Gasteiger charge is 2.11. The number of carbonyl (C=O) groups excluding carboxylic acids is 1. The molecule has 6 heteroatoms. The fourth-order valence-corrected chi connectivity index (χ4v) is 3.18. The van der Waals surface area contributed by atoms with Crippen LogP contribution in [0.2, 0.25) is 10.0 Å². The number of carbonyl (C=O) groups is 1. The van der Waals surface area contributed by atoms with Gasteiger partial charge in [-0.25, -0.2) is 0 Å². The molecule has 0 spiro atoms. The predicted molar refractivity (Wildman–Crippen MR) is 91.4 cm³/mol. The van der Waals surface area contributed by atoms with E-state index in [1.165, 1.54) is 11.8 Å². The first-order chi connectivity index (χ1) is 9.97. The lowest BCUT2D eigenvalue weighted by atomic mass is 10.2. The number of rotatable bonds is 4. The van der Waals surface area contributed by atoms with Crippen LogP contribution in [0, 0.1) is 6.92 Å². The third-order valence-corrected chi connectivity index (χ3v) is 4.55. The van der Waals surface area contributed by atoms with Gasteiger partial charge in [-0.1, -0.05) is 41.4 Å². The zero-order valence-electron chi connectivity index (χ0n) is 11.3. The Kier molecular flexibility index (Phi) is 5.39. The zero-order valence-corrected chi connectivity index (χ0v) is 13.6. The maximum absolute atomic E-state index is 12.0. The van der Waals surface area contributed by atoms with Crippen molar-refractivity contribution >= 4 is 52.2 Å². The Labute approximate surface area is 137 Å². The standard InChI is InChI=1S/C15H14Cl2N2OS/c1-9-4-2-3-5-13(9)21-8-14(20)19-15-11(16)6-10(18)7-12(15)17/h2-7H,8,18H2,1H3,(H,19,20). The molecule has 2 rings (SSSR count). The van der Waals surface area contributed by atoms with Crippen LogP contribution in [0.5, 0.6) is 0 Å². The number of nitrogens with two attached hydrogens (primary N) is 1. The van der Waals surface area contributed by atoms with Crippen molar-refractivity contribution in [3.63, 3.8) is 0 Å².